The van der Waals surface area contributed by atoms with Crippen LogP contribution in [0.25, 0.3) is 10.2 Å². The SMILES string of the molecule is CCc1cc2c(Nc3ccccc3O)nc(Cc3ccccc3)nc2s1. The number of nitrogens with zero attached hydrogens (tertiary/aromatic N) is 2. The zero-order chi connectivity index (χ0) is 17.9. The number of benzene rings is 2. The highest BCUT2D eigenvalue weighted by atomic mass is 32.1. The molecule has 2 heterocycles. The molecule has 5 heteroatoms. The van der Waals surface area contributed by atoms with Gasteiger partial charge >= 0.3 is 0 Å². The highest BCUT2D eigenvalue weighted by Gasteiger charge is 2.13. The maximum Gasteiger partial charge on any atom is 0.143 e. The number of para-hydroxylation sites is 2. The van der Waals surface area contributed by atoms with Crippen molar-refractivity contribution in [2.45, 2.75) is 19.8 Å². The Morgan fingerprint density at radius 2 is 1.77 bits per heavy atom. The van der Waals surface area contributed by atoms with E-state index in [4.69, 9.17) is 9.97 Å². The summed E-state index contributed by atoms with van der Waals surface area (Å²) in [6.45, 7) is 2.14. The largest absolute Gasteiger partial charge is 0.506 e. The van der Waals surface area contributed by atoms with Gasteiger partial charge in [0.15, 0.2) is 0 Å². The number of fused-ring (bicyclic) bond motifs is 1. The predicted molar refractivity (Wildman–Crippen MR) is 107 cm³/mol. The molecule has 0 aliphatic heterocycles. The number of aromatic nitrogens is 2. The van der Waals surface area contributed by atoms with Crippen molar-refractivity contribution < 1.29 is 5.11 Å². The Bertz CT molecular complexity index is 1040. The van der Waals surface area contributed by atoms with E-state index in [2.05, 4.69) is 30.4 Å². The van der Waals surface area contributed by atoms with Gasteiger partial charge in [0.1, 0.15) is 22.2 Å². The summed E-state index contributed by atoms with van der Waals surface area (Å²) in [6, 6.07) is 19.5. The van der Waals surface area contributed by atoms with Gasteiger partial charge in [0.25, 0.3) is 0 Å². The number of phenolic OH excluding ortho intramolecular Hbond substituents is 1. The minimum absolute atomic E-state index is 0.204. The molecular weight excluding hydrogens is 342 g/mol. The first-order valence-electron chi connectivity index (χ1n) is 8.61. The van der Waals surface area contributed by atoms with Crippen molar-refractivity contribution in [3.8, 4) is 5.75 Å². The molecule has 0 aliphatic carbocycles. The molecule has 4 nitrogen and oxygen atoms in total. The van der Waals surface area contributed by atoms with Crippen LogP contribution < -0.4 is 5.32 Å². The Morgan fingerprint density at radius 1 is 1.00 bits per heavy atom. The molecule has 0 fully saturated rings. The van der Waals surface area contributed by atoms with Gasteiger partial charge in [-0.1, -0.05) is 49.4 Å². The maximum absolute atomic E-state index is 10.1. The van der Waals surface area contributed by atoms with Crippen LogP contribution in [0.4, 0.5) is 11.5 Å². The van der Waals surface area contributed by atoms with Gasteiger partial charge in [0, 0.05) is 11.3 Å². The van der Waals surface area contributed by atoms with Gasteiger partial charge in [-0.2, -0.15) is 0 Å². The molecule has 2 aromatic carbocycles. The molecule has 2 aromatic heterocycles. The number of anilines is 2. The normalized spacial score (nSPS) is 11.0. The van der Waals surface area contributed by atoms with Crippen LogP contribution in [0.3, 0.4) is 0 Å². The average Bonchev–Trinajstić information content (AvgIpc) is 3.08. The highest BCUT2D eigenvalue weighted by Crippen LogP contribution is 2.33. The minimum Gasteiger partial charge on any atom is -0.506 e. The molecule has 130 valence electrons. The van der Waals surface area contributed by atoms with Gasteiger partial charge in [-0.15, -0.1) is 11.3 Å². The number of aryl methyl sites for hydroxylation is 1. The van der Waals surface area contributed by atoms with Crippen molar-refractivity contribution in [3.05, 3.63) is 76.9 Å². The van der Waals surface area contributed by atoms with Crippen LogP contribution in [-0.2, 0) is 12.8 Å². The topological polar surface area (TPSA) is 58.0 Å². The van der Waals surface area contributed by atoms with Crippen LogP contribution in [0.1, 0.15) is 23.2 Å². The van der Waals surface area contributed by atoms with E-state index in [0.29, 0.717) is 12.1 Å². The van der Waals surface area contributed by atoms with E-state index in [0.717, 1.165) is 28.3 Å². The third-order valence-electron chi connectivity index (χ3n) is 4.20. The highest BCUT2D eigenvalue weighted by molar-refractivity contribution is 7.18. The van der Waals surface area contributed by atoms with Crippen molar-refractivity contribution in [2.24, 2.45) is 0 Å². The molecule has 0 saturated heterocycles. The minimum atomic E-state index is 0.204. The second kappa shape index (κ2) is 7.14. The summed E-state index contributed by atoms with van der Waals surface area (Å²) in [4.78, 5) is 11.8. The second-order valence-electron chi connectivity index (χ2n) is 6.08. The molecule has 0 unspecified atom stereocenters. The van der Waals surface area contributed by atoms with Crippen molar-refractivity contribution in [1.29, 1.82) is 0 Å². The van der Waals surface area contributed by atoms with Crippen molar-refractivity contribution >= 4 is 33.1 Å². The van der Waals surface area contributed by atoms with E-state index < -0.39 is 0 Å². The van der Waals surface area contributed by atoms with Gasteiger partial charge in [-0.05, 0) is 30.2 Å². The van der Waals surface area contributed by atoms with Crippen LogP contribution in [0, 0.1) is 0 Å². The van der Waals surface area contributed by atoms with E-state index in [-0.39, 0.29) is 5.75 Å². The molecule has 0 radical (unpaired) electrons. The van der Waals surface area contributed by atoms with Gasteiger partial charge in [0.2, 0.25) is 0 Å². The zero-order valence-electron chi connectivity index (χ0n) is 14.4. The van der Waals surface area contributed by atoms with Crippen LogP contribution >= 0.6 is 11.3 Å². The Hall–Kier alpha value is -2.92. The monoisotopic (exact) mass is 361 g/mol. The first kappa shape index (κ1) is 16.5. The molecule has 0 spiro atoms. The average molecular weight is 361 g/mol. The van der Waals surface area contributed by atoms with Crippen LogP contribution in [0.15, 0.2) is 60.7 Å². The molecule has 4 rings (SSSR count). The van der Waals surface area contributed by atoms with E-state index >= 15 is 0 Å². The second-order valence-corrected chi connectivity index (χ2v) is 7.19. The lowest BCUT2D eigenvalue weighted by Gasteiger charge is -2.10. The lowest BCUT2D eigenvalue weighted by molar-refractivity contribution is 0.477. The fraction of sp³-hybridized carbons (Fsp3) is 0.143. The molecule has 0 atom stereocenters. The van der Waals surface area contributed by atoms with Crippen molar-refractivity contribution in [3.63, 3.8) is 0 Å². The summed E-state index contributed by atoms with van der Waals surface area (Å²) >= 11 is 1.70. The Labute approximate surface area is 156 Å². The van der Waals surface area contributed by atoms with Crippen LogP contribution in [0.5, 0.6) is 5.75 Å². The lowest BCUT2D eigenvalue weighted by atomic mass is 10.1. The smallest absolute Gasteiger partial charge is 0.143 e. The van der Waals surface area contributed by atoms with Crippen molar-refractivity contribution in [1.82, 2.24) is 9.97 Å². The van der Waals surface area contributed by atoms with Gasteiger partial charge in [-0.25, -0.2) is 9.97 Å². The maximum atomic E-state index is 10.1. The van der Waals surface area contributed by atoms with Crippen molar-refractivity contribution in [2.75, 3.05) is 5.32 Å². The third-order valence-corrected chi connectivity index (χ3v) is 5.37. The summed E-state index contributed by atoms with van der Waals surface area (Å²) in [7, 11) is 0. The number of hydrogen-bond acceptors (Lipinski definition) is 5. The molecule has 26 heavy (non-hydrogen) atoms. The fourth-order valence-corrected chi connectivity index (χ4v) is 3.84. The molecule has 2 N–H and O–H groups in total. The third kappa shape index (κ3) is 3.39. The van der Waals surface area contributed by atoms with Gasteiger partial charge in [-0.3, -0.25) is 0 Å². The standard InChI is InChI=1S/C21H19N3OS/c1-2-15-13-16-20(22-17-10-6-7-11-18(17)25)23-19(24-21(16)26-15)12-14-8-4-3-5-9-14/h3-11,13,25H,2,12H2,1H3,(H,22,23,24). The summed E-state index contributed by atoms with van der Waals surface area (Å²) in [5, 5.41) is 14.4. The molecule has 0 bridgehead atoms. The summed E-state index contributed by atoms with van der Waals surface area (Å²) in [5.74, 6) is 1.71. The van der Waals surface area contributed by atoms with E-state index in [1.165, 1.54) is 10.4 Å². The first-order chi connectivity index (χ1) is 12.7. The van der Waals surface area contributed by atoms with E-state index in [1.807, 2.05) is 30.3 Å². The fourth-order valence-electron chi connectivity index (χ4n) is 2.85. The lowest BCUT2D eigenvalue weighted by Crippen LogP contribution is -2.01. The first-order valence-corrected chi connectivity index (χ1v) is 9.43. The number of nitrogens with one attached hydrogen (secondary N) is 1. The number of hydrogen-bond donors (Lipinski definition) is 2. The summed E-state index contributed by atoms with van der Waals surface area (Å²) in [6.07, 6.45) is 1.64. The number of aromatic hydroxyl groups is 1. The quantitative estimate of drug-likeness (QED) is 0.474. The van der Waals surface area contributed by atoms with E-state index in [9.17, 15) is 5.11 Å². The molecular formula is C21H19N3OS. The van der Waals surface area contributed by atoms with Crippen LogP contribution in [-0.4, -0.2) is 15.1 Å². The number of thiophene rings is 1. The molecule has 0 aliphatic rings. The van der Waals surface area contributed by atoms with Gasteiger partial charge < -0.3 is 10.4 Å². The van der Waals surface area contributed by atoms with Gasteiger partial charge in [0.05, 0.1) is 11.1 Å². The predicted octanol–water partition coefficient (Wildman–Crippen LogP) is 5.29. The Morgan fingerprint density at radius 3 is 2.54 bits per heavy atom. The van der Waals surface area contributed by atoms with Crippen LogP contribution in [0.2, 0.25) is 0 Å². The Kier molecular flexibility index (Phi) is 4.54. The number of rotatable bonds is 5. The van der Waals surface area contributed by atoms with E-state index in [1.54, 1.807) is 23.5 Å². The molecule has 0 amide bonds. The zero-order valence-corrected chi connectivity index (χ0v) is 15.3. The molecule has 0 saturated carbocycles. The number of phenols is 1. The Balaban J connectivity index is 1.78. The molecule has 4 aromatic rings. The summed E-state index contributed by atoms with van der Waals surface area (Å²) in [5.41, 5.74) is 1.81. The summed E-state index contributed by atoms with van der Waals surface area (Å²) < 4.78 is 0.